The smallest absolute Gasteiger partial charge is 0.260 e. The van der Waals surface area contributed by atoms with Crippen molar-refractivity contribution in [3.63, 3.8) is 0 Å². The van der Waals surface area contributed by atoms with E-state index in [9.17, 15) is 9.59 Å². The molecule has 2 aliphatic rings. The summed E-state index contributed by atoms with van der Waals surface area (Å²) in [5.41, 5.74) is -0.0502. The third-order valence-corrected chi connectivity index (χ3v) is 5.63. The molecule has 0 spiro atoms. The van der Waals surface area contributed by atoms with E-state index < -0.39 is 5.60 Å². The van der Waals surface area contributed by atoms with Crippen molar-refractivity contribution in [1.82, 2.24) is 4.90 Å². The summed E-state index contributed by atoms with van der Waals surface area (Å²) in [4.78, 5) is 26.9. The van der Waals surface area contributed by atoms with E-state index in [4.69, 9.17) is 14.2 Å². The van der Waals surface area contributed by atoms with Crippen LogP contribution in [0.15, 0.2) is 24.3 Å². The number of nitrogens with one attached hydrogen (secondary N) is 1. The molecule has 7 nitrogen and oxygen atoms in total. The zero-order valence-electron chi connectivity index (χ0n) is 17.4. The Morgan fingerprint density at radius 1 is 1.24 bits per heavy atom. The SMILES string of the molecule is CCO[C@]1(C(=O)Nc2ccc(OCC(=O)N3CCOCC3)cc2)CCC[C@H](C)C1. The van der Waals surface area contributed by atoms with Gasteiger partial charge in [0, 0.05) is 25.4 Å². The maximum Gasteiger partial charge on any atom is 0.260 e. The molecule has 2 atom stereocenters. The number of anilines is 1. The van der Waals surface area contributed by atoms with Crippen molar-refractivity contribution in [2.24, 2.45) is 5.92 Å². The number of rotatable bonds is 7. The molecule has 0 bridgehead atoms. The van der Waals surface area contributed by atoms with Gasteiger partial charge in [-0.25, -0.2) is 0 Å². The molecule has 0 radical (unpaired) electrons. The van der Waals surface area contributed by atoms with Crippen molar-refractivity contribution in [2.45, 2.75) is 45.1 Å². The second kappa shape index (κ2) is 10.1. The Bertz CT molecular complexity index is 683. The summed E-state index contributed by atoms with van der Waals surface area (Å²) in [7, 11) is 0. The first-order valence-corrected chi connectivity index (χ1v) is 10.6. The van der Waals surface area contributed by atoms with E-state index in [1.807, 2.05) is 6.92 Å². The minimum absolute atomic E-state index is 0.00293. The number of benzene rings is 1. The lowest BCUT2D eigenvalue weighted by molar-refractivity contribution is -0.147. The average molecular weight is 405 g/mol. The molecular weight excluding hydrogens is 372 g/mol. The summed E-state index contributed by atoms with van der Waals surface area (Å²) in [6.45, 7) is 6.97. The first kappa shape index (κ1) is 21.6. The molecule has 7 heteroatoms. The van der Waals surface area contributed by atoms with E-state index in [0.29, 0.717) is 50.3 Å². The number of carbonyl (C=O) groups is 2. The Labute approximate surface area is 172 Å². The topological polar surface area (TPSA) is 77.1 Å². The summed E-state index contributed by atoms with van der Waals surface area (Å²) in [5, 5.41) is 2.99. The summed E-state index contributed by atoms with van der Waals surface area (Å²) < 4.78 is 16.8. The van der Waals surface area contributed by atoms with Crippen LogP contribution in [-0.2, 0) is 19.1 Å². The lowest BCUT2D eigenvalue weighted by atomic mass is 9.78. The number of morpholine rings is 1. The Balaban J connectivity index is 1.54. The number of carbonyl (C=O) groups excluding carboxylic acids is 2. The minimum atomic E-state index is -0.744. The molecule has 2 fully saturated rings. The van der Waals surface area contributed by atoms with Gasteiger partial charge in [0.15, 0.2) is 6.61 Å². The Hall–Kier alpha value is -2.12. The Morgan fingerprint density at radius 2 is 1.97 bits per heavy atom. The number of amides is 2. The molecular formula is C22H32N2O5. The number of hydrogen-bond acceptors (Lipinski definition) is 5. The quantitative estimate of drug-likeness (QED) is 0.756. The molecule has 1 saturated carbocycles. The van der Waals surface area contributed by atoms with Crippen molar-refractivity contribution >= 4 is 17.5 Å². The zero-order valence-corrected chi connectivity index (χ0v) is 17.4. The first-order chi connectivity index (χ1) is 14.0. The highest BCUT2D eigenvalue weighted by Crippen LogP contribution is 2.36. The molecule has 1 heterocycles. The third-order valence-electron chi connectivity index (χ3n) is 5.63. The van der Waals surface area contributed by atoms with Crippen LogP contribution < -0.4 is 10.1 Å². The number of nitrogens with zero attached hydrogens (tertiary/aromatic N) is 1. The van der Waals surface area contributed by atoms with Crippen molar-refractivity contribution in [2.75, 3.05) is 44.8 Å². The fraction of sp³-hybridized carbons (Fsp3) is 0.636. The van der Waals surface area contributed by atoms with Crippen LogP contribution in [0, 0.1) is 5.92 Å². The highest BCUT2D eigenvalue weighted by Gasteiger charge is 2.42. The van der Waals surface area contributed by atoms with Crippen LogP contribution in [0.1, 0.15) is 39.5 Å². The van der Waals surface area contributed by atoms with Gasteiger partial charge in [-0.05, 0) is 56.4 Å². The molecule has 1 aromatic rings. The standard InChI is InChI=1S/C22H32N2O5/c1-3-29-22(10-4-5-17(2)15-22)21(26)23-18-6-8-19(9-7-18)28-16-20(25)24-11-13-27-14-12-24/h6-9,17H,3-5,10-16H2,1-2H3,(H,23,26)/t17-,22+/m0/s1. The first-order valence-electron chi connectivity index (χ1n) is 10.6. The number of hydrogen-bond donors (Lipinski definition) is 1. The van der Waals surface area contributed by atoms with Gasteiger partial charge in [-0.15, -0.1) is 0 Å². The normalized spacial score (nSPS) is 24.8. The fourth-order valence-electron chi connectivity index (χ4n) is 4.11. The van der Waals surface area contributed by atoms with Crippen molar-refractivity contribution in [3.05, 3.63) is 24.3 Å². The van der Waals surface area contributed by atoms with Gasteiger partial charge in [0.25, 0.3) is 11.8 Å². The monoisotopic (exact) mass is 404 g/mol. The molecule has 1 aromatic carbocycles. The maximum atomic E-state index is 13.0. The van der Waals surface area contributed by atoms with Crippen molar-refractivity contribution in [3.8, 4) is 5.75 Å². The molecule has 1 aliphatic carbocycles. The molecule has 3 rings (SSSR count). The van der Waals surface area contributed by atoms with Gasteiger partial charge in [-0.1, -0.05) is 13.3 Å². The third kappa shape index (κ3) is 5.70. The zero-order chi connectivity index (χ0) is 20.7. The summed E-state index contributed by atoms with van der Waals surface area (Å²) >= 11 is 0. The Morgan fingerprint density at radius 3 is 2.62 bits per heavy atom. The van der Waals surface area contributed by atoms with Gasteiger partial charge >= 0.3 is 0 Å². The molecule has 1 N–H and O–H groups in total. The molecule has 160 valence electrons. The van der Waals surface area contributed by atoms with Gasteiger partial charge in [0.2, 0.25) is 0 Å². The Kier molecular flexibility index (Phi) is 7.50. The molecule has 0 aromatic heterocycles. The van der Waals surface area contributed by atoms with E-state index >= 15 is 0 Å². The molecule has 1 aliphatic heterocycles. The molecule has 2 amide bonds. The second-order valence-corrected chi connectivity index (χ2v) is 7.89. The van der Waals surface area contributed by atoms with Crippen LogP contribution in [0.4, 0.5) is 5.69 Å². The van der Waals surface area contributed by atoms with Gasteiger partial charge < -0.3 is 24.4 Å². The van der Waals surface area contributed by atoms with E-state index in [1.165, 1.54) is 0 Å². The average Bonchev–Trinajstić information content (AvgIpc) is 2.74. The van der Waals surface area contributed by atoms with Crippen LogP contribution in [0.2, 0.25) is 0 Å². The maximum absolute atomic E-state index is 13.0. The summed E-state index contributed by atoms with van der Waals surface area (Å²) in [6.07, 6.45) is 3.63. The molecule has 1 saturated heterocycles. The van der Waals surface area contributed by atoms with Crippen LogP contribution in [-0.4, -0.2) is 61.8 Å². The van der Waals surface area contributed by atoms with Crippen molar-refractivity contribution < 1.29 is 23.8 Å². The van der Waals surface area contributed by atoms with Crippen molar-refractivity contribution in [1.29, 1.82) is 0 Å². The van der Waals surface area contributed by atoms with Crippen LogP contribution in [0.5, 0.6) is 5.75 Å². The molecule has 0 unspecified atom stereocenters. The highest BCUT2D eigenvalue weighted by molar-refractivity contribution is 5.97. The lowest BCUT2D eigenvalue weighted by Crippen LogP contribution is -2.48. The van der Waals surface area contributed by atoms with Gasteiger partial charge in [-0.3, -0.25) is 9.59 Å². The van der Waals surface area contributed by atoms with E-state index in [0.717, 1.165) is 25.7 Å². The second-order valence-electron chi connectivity index (χ2n) is 7.89. The van der Waals surface area contributed by atoms with Gasteiger partial charge in [0.05, 0.1) is 13.2 Å². The van der Waals surface area contributed by atoms with E-state index in [1.54, 1.807) is 29.2 Å². The highest BCUT2D eigenvalue weighted by atomic mass is 16.5. The number of ether oxygens (including phenoxy) is 3. The van der Waals surface area contributed by atoms with E-state index in [-0.39, 0.29) is 18.4 Å². The summed E-state index contributed by atoms with van der Waals surface area (Å²) in [6, 6.07) is 7.11. The fourth-order valence-corrected chi connectivity index (χ4v) is 4.11. The van der Waals surface area contributed by atoms with Gasteiger partial charge in [0.1, 0.15) is 11.4 Å². The van der Waals surface area contributed by atoms with E-state index in [2.05, 4.69) is 12.2 Å². The van der Waals surface area contributed by atoms with Gasteiger partial charge in [-0.2, -0.15) is 0 Å². The predicted molar refractivity (Wildman–Crippen MR) is 110 cm³/mol. The van der Waals surface area contributed by atoms with Crippen LogP contribution in [0.25, 0.3) is 0 Å². The van der Waals surface area contributed by atoms with Crippen LogP contribution >= 0.6 is 0 Å². The predicted octanol–water partition coefficient (Wildman–Crippen LogP) is 2.85. The lowest BCUT2D eigenvalue weighted by Gasteiger charge is -2.38. The minimum Gasteiger partial charge on any atom is -0.484 e. The molecule has 29 heavy (non-hydrogen) atoms. The summed E-state index contributed by atoms with van der Waals surface area (Å²) in [5.74, 6) is 0.939. The largest absolute Gasteiger partial charge is 0.484 e. The van der Waals surface area contributed by atoms with Crippen LogP contribution in [0.3, 0.4) is 0 Å².